The lowest BCUT2D eigenvalue weighted by molar-refractivity contribution is 0.649. The van der Waals surface area contributed by atoms with Crippen LogP contribution in [0.2, 0.25) is 0 Å². The van der Waals surface area contributed by atoms with Crippen molar-refractivity contribution < 1.29 is 0 Å². The molecule has 1 unspecified atom stereocenters. The maximum absolute atomic E-state index is 12.9. The highest BCUT2D eigenvalue weighted by Gasteiger charge is 2.20. The van der Waals surface area contributed by atoms with Crippen molar-refractivity contribution in [1.29, 1.82) is 0 Å². The molecule has 4 heterocycles. The minimum atomic E-state index is -0.0937. The van der Waals surface area contributed by atoms with Crippen molar-refractivity contribution in [2.45, 2.75) is 37.2 Å². The Bertz CT molecular complexity index is 1400. The fourth-order valence-corrected chi connectivity index (χ4v) is 6.38. The Balaban J connectivity index is 1.42. The Morgan fingerprint density at radius 2 is 1.97 bits per heavy atom. The Morgan fingerprint density at radius 3 is 2.72 bits per heavy atom. The van der Waals surface area contributed by atoms with Gasteiger partial charge >= 0.3 is 0 Å². The molecule has 0 aliphatic rings. The molecule has 1 aromatic carbocycles. The number of nitrogens with zero attached hydrogens (tertiary/aromatic N) is 4. The summed E-state index contributed by atoms with van der Waals surface area (Å²) in [5.41, 5.74) is 2.07. The van der Waals surface area contributed by atoms with Gasteiger partial charge in [-0.1, -0.05) is 48.2 Å². The van der Waals surface area contributed by atoms with Crippen molar-refractivity contribution in [2.24, 2.45) is 0 Å². The van der Waals surface area contributed by atoms with Gasteiger partial charge in [-0.05, 0) is 30.9 Å². The number of H-pyrrole nitrogens is 1. The van der Waals surface area contributed by atoms with Crippen LogP contribution in [0.15, 0.2) is 63.2 Å². The number of thiophene rings is 2. The SMILES string of the molecule is CCn1c(Cc2ccccc2)nnc1SC(C)c1nc2scc(-c3cccs3)c2c(=O)[nH]1. The number of nitrogens with one attached hydrogen (secondary N) is 1. The Hall–Kier alpha value is -2.75. The molecule has 162 valence electrons. The van der Waals surface area contributed by atoms with E-state index in [4.69, 9.17) is 4.98 Å². The Labute approximate surface area is 197 Å². The van der Waals surface area contributed by atoms with Gasteiger partial charge in [-0.3, -0.25) is 4.79 Å². The van der Waals surface area contributed by atoms with Crippen molar-refractivity contribution >= 4 is 44.7 Å². The number of aromatic nitrogens is 5. The van der Waals surface area contributed by atoms with Crippen LogP contribution in [0.5, 0.6) is 0 Å². The Kier molecular flexibility index (Phi) is 5.95. The van der Waals surface area contributed by atoms with Crippen LogP contribution in [0.3, 0.4) is 0 Å². The second-order valence-electron chi connectivity index (χ2n) is 7.32. The van der Waals surface area contributed by atoms with E-state index >= 15 is 0 Å². The lowest BCUT2D eigenvalue weighted by Crippen LogP contribution is -2.12. The summed E-state index contributed by atoms with van der Waals surface area (Å²) in [5, 5.41) is 14.3. The molecule has 1 N–H and O–H groups in total. The van der Waals surface area contributed by atoms with Gasteiger partial charge in [0.2, 0.25) is 0 Å². The molecule has 0 saturated carbocycles. The number of rotatable bonds is 7. The minimum Gasteiger partial charge on any atom is -0.309 e. The quantitative estimate of drug-likeness (QED) is 0.300. The first-order chi connectivity index (χ1) is 15.6. The highest BCUT2D eigenvalue weighted by Crippen LogP contribution is 2.36. The summed E-state index contributed by atoms with van der Waals surface area (Å²) >= 11 is 4.70. The van der Waals surface area contributed by atoms with E-state index in [1.165, 1.54) is 16.9 Å². The molecule has 5 aromatic rings. The summed E-state index contributed by atoms with van der Waals surface area (Å²) in [5.74, 6) is 1.59. The molecule has 1 atom stereocenters. The Morgan fingerprint density at radius 1 is 1.12 bits per heavy atom. The van der Waals surface area contributed by atoms with Crippen LogP contribution >= 0.6 is 34.4 Å². The summed E-state index contributed by atoms with van der Waals surface area (Å²) in [6.45, 7) is 4.91. The number of thioether (sulfide) groups is 1. The number of hydrogen-bond donors (Lipinski definition) is 1. The van der Waals surface area contributed by atoms with Gasteiger partial charge in [-0.15, -0.1) is 32.9 Å². The number of hydrogen-bond acceptors (Lipinski definition) is 7. The van der Waals surface area contributed by atoms with Crippen molar-refractivity contribution in [3.05, 3.63) is 80.8 Å². The monoisotopic (exact) mass is 479 g/mol. The van der Waals surface area contributed by atoms with Crippen LogP contribution in [0, 0.1) is 0 Å². The topological polar surface area (TPSA) is 76.5 Å². The van der Waals surface area contributed by atoms with E-state index in [-0.39, 0.29) is 10.8 Å². The van der Waals surface area contributed by atoms with Crippen LogP contribution < -0.4 is 5.56 Å². The van der Waals surface area contributed by atoms with E-state index < -0.39 is 0 Å². The van der Waals surface area contributed by atoms with Crippen LogP contribution in [-0.2, 0) is 13.0 Å². The predicted molar refractivity (Wildman–Crippen MR) is 133 cm³/mol. The molecule has 0 spiro atoms. The highest BCUT2D eigenvalue weighted by atomic mass is 32.2. The first-order valence-corrected chi connectivity index (χ1v) is 13.0. The van der Waals surface area contributed by atoms with Gasteiger partial charge in [0.1, 0.15) is 16.5 Å². The second kappa shape index (κ2) is 9.01. The van der Waals surface area contributed by atoms with Gasteiger partial charge in [0.05, 0.1) is 10.6 Å². The summed E-state index contributed by atoms with van der Waals surface area (Å²) in [6, 6.07) is 14.3. The van der Waals surface area contributed by atoms with Crippen LogP contribution in [0.25, 0.3) is 20.7 Å². The molecule has 0 aliphatic heterocycles. The molecular weight excluding hydrogens is 458 g/mol. The minimum absolute atomic E-state index is 0.0709. The van der Waals surface area contributed by atoms with Gasteiger partial charge in [0, 0.05) is 28.8 Å². The molecule has 0 fully saturated rings. The lowest BCUT2D eigenvalue weighted by Gasteiger charge is -2.12. The molecule has 32 heavy (non-hydrogen) atoms. The fraction of sp³-hybridized carbons (Fsp3) is 0.217. The summed E-state index contributed by atoms with van der Waals surface area (Å²) in [4.78, 5) is 22.6. The van der Waals surface area contributed by atoms with Gasteiger partial charge in [-0.2, -0.15) is 0 Å². The molecule has 0 amide bonds. The average molecular weight is 480 g/mol. The van der Waals surface area contributed by atoms with Crippen molar-refractivity contribution in [1.82, 2.24) is 24.7 Å². The maximum Gasteiger partial charge on any atom is 0.260 e. The van der Waals surface area contributed by atoms with Crippen LogP contribution in [-0.4, -0.2) is 24.7 Å². The molecule has 0 bridgehead atoms. The fourth-order valence-electron chi connectivity index (χ4n) is 3.62. The predicted octanol–water partition coefficient (Wildman–Crippen LogP) is 5.77. The molecule has 5 rings (SSSR count). The van der Waals surface area contributed by atoms with Gasteiger partial charge in [-0.25, -0.2) is 4.98 Å². The molecule has 9 heteroatoms. The maximum atomic E-state index is 12.9. The highest BCUT2D eigenvalue weighted by molar-refractivity contribution is 7.99. The van der Waals surface area contributed by atoms with Crippen molar-refractivity contribution in [3.8, 4) is 10.4 Å². The third kappa shape index (κ3) is 4.03. The molecule has 6 nitrogen and oxygen atoms in total. The second-order valence-corrected chi connectivity index (χ2v) is 10.4. The van der Waals surface area contributed by atoms with E-state index in [1.807, 2.05) is 48.0 Å². The first kappa shape index (κ1) is 21.1. The summed E-state index contributed by atoms with van der Waals surface area (Å²) in [7, 11) is 0. The number of fused-ring (bicyclic) bond motifs is 1. The number of benzene rings is 1. The normalized spacial score (nSPS) is 12.4. The van der Waals surface area contributed by atoms with Gasteiger partial charge in [0.15, 0.2) is 5.16 Å². The van der Waals surface area contributed by atoms with E-state index in [1.54, 1.807) is 23.1 Å². The third-order valence-electron chi connectivity index (χ3n) is 5.23. The number of aromatic amines is 1. The zero-order valence-electron chi connectivity index (χ0n) is 17.6. The molecule has 0 radical (unpaired) electrons. The van der Waals surface area contributed by atoms with E-state index in [9.17, 15) is 4.79 Å². The molecule has 0 saturated heterocycles. The molecule has 0 aliphatic carbocycles. The van der Waals surface area contributed by atoms with Crippen LogP contribution in [0.4, 0.5) is 0 Å². The smallest absolute Gasteiger partial charge is 0.260 e. The third-order valence-corrected chi connectivity index (χ3v) is 8.10. The van der Waals surface area contributed by atoms with Crippen molar-refractivity contribution in [3.63, 3.8) is 0 Å². The largest absolute Gasteiger partial charge is 0.309 e. The van der Waals surface area contributed by atoms with Crippen molar-refractivity contribution in [2.75, 3.05) is 0 Å². The van der Waals surface area contributed by atoms with E-state index in [2.05, 4.69) is 38.8 Å². The standard InChI is InChI=1S/C23H21N5OS3/c1-3-28-18(12-15-8-5-4-6-9-15)26-27-23(28)32-14(2)20-24-21(29)19-16(13-31-22(19)25-20)17-10-7-11-30-17/h4-11,13-14H,3,12H2,1-2H3,(H,24,25,29). The summed E-state index contributed by atoms with van der Waals surface area (Å²) < 4.78 is 2.13. The average Bonchev–Trinajstić information content (AvgIpc) is 3.54. The molecule has 4 aromatic heterocycles. The van der Waals surface area contributed by atoms with Gasteiger partial charge < -0.3 is 9.55 Å². The zero-order valence-corrected chi connectivity index (χ0v) is 20.1. The van der Waals surface area contributed by atoms with Gasteiger partial charge in [0.25, 0.3) is 5.56 Å². The van der Waals surface area contributed by atoms with E-state index in [0.29, 0.717) is 11.2 Å². The van der Waals surface area contributed by atoms with E-state index in [0.717, 1.165) is 39.2 Å². The zero-order chi connectivity index (χ0) is 22.1. The lowest BCUT2D eigenvalue weighted by atomic mass is 10.1. The summed E-state index contributed by atoms with van der Waals surface area (Å²) in [6.07, 6.45) is 0.734. The van der Waals surface area contributed by atoms with Crippen LogP contribution in [0.1, 0.15) is 36.3 Å². The molecular formula is C23H21N5OS3. The first-order valence-electron chi connectivity index (χ1n) is 10.3.